The molecule has 1 aliphatic carbocycles. The van der Waals surface area contributed by atoms with Gasteiger partial charge in [-0.15, -0.1) is 11.3 Å². The van der Waals surface area contributed by atoms with Gasteiger partial charge in [-0.25, -0.2) is 4.79 Å². The molecule has 22 heteroatoms. The number of esters is 1. The predicted octanol–water partition coefficient (Wildman–Crippen LogP) is 8.14. The fraction of sp³-hybridized carbons (Fsp3) is 0.714. The molecule has 1 heterocycles. The lowest BCUT2D eigenvalue weighted by atomic mass is 9.89. The number of fused-ring (bicyclic) bond motifs is 1. The van der Waals surface area contributed by atoms with E-state index in [0.717, 1.165) is 5.32 Å². The lowest BCUT2D eigenvalue weighted by molar-refractivity contribution is -0.459. The van der Waals surface area contributed by atoms with E-state index in [9.17, 15) is 84.2 Å². The number of ether oxygens (including phenoxy) is 1. The van der Waals surface area contributed by atoms with Crippen molar-refractivity contribution >= 4 is 28.2 Å². The number of anilines is 1. The van der Waals surface area contributed by atoms with Crippen LogP contribution in [0.4, 0.5) is 79.6 Å². The molecule has 4 nitrogen and oxygen atoms in total. The van der Waals surface area contributed by atoms with Gasteiger partial charge in [-0.1, -0.05) is 6.42 Å². The highest BCUT2D eigenvalue weighted by Crippen LogP contribution is 2.64. The van der Waals surface area contributed by atoms with Gasteiger partial charge in [-0.2, -0.15) is 74.6 Å². The third-order valence-electron chi connectivity index (χ3n) is 6.14. The number of carbonyl (C=O) groups excluding carboxylic acids is 2. The summed E-state index contributed by atoms with van der Waals surface area (Å²) in [6.45, 7) is 0.848. The zero-order chi connectivity index (χ0) is 33.8. The van der Waals surface area contributed by atoms with Crippen LogP contribution in [0.2, 0.25) is 0 Å². The largest absolute Gasteiger partial charge is 0.462 e. The van der Waals surface area contributed by atoms with Crippen LogP contribution in [0.1, 0.15) is 47.0 Å². The zero-order valence-electron chi connectivity index (χ0n) is 20.8. The first-order valence-corrected chi connectivity index (χ1v) is 12.3. The molecule has 1 aromatic rings. The van der Waals surface area contributed by atoms with Crippen LogP contribution in [0, 0.1) is 0 Å². The molecule has 0 radical (unpaired) electrons. The maximum Gasteiger partial charge on any atom is 0.460 e. The van der Waals surface area contributed by atoms with E-state index < -0.39 is 76.7 Å². The van der Waals surface area contributed by atoms with Gasteiger partial charge in [0.25, 0.3) is 0 Å². The number of aryl methyl sites for hydroxylation is 1. The lowest BCUT2D eigenvalue weighted by Crippen LogP contribution is -2.75. The molecule has 1 N–H and O–H groups in total. The molecule has 0 fully saturated rings. The molecule has 0 atom stereocenters. The van der Waals surface area contributed by atoms with Crippen molar-refractivity contribution in [2.45, 2.75) is 86.7 Å². The Morgan fingerprint density at radius 1 is 0.674 bits per heavy atom. The summed E-state index contributed by atoms with van der Waals surface area (Å²) in [5.41, 5.74) is -0.704. The van der Waals surface area contributed by atoms with Gasteiger partial charge in [0.1, 0.15) is 5.00 Å². The SMILES string of the molecule is CCOC(=O)c1c(NC(=O)C(F)(F)C(F)(F)C(F)(F)C(F)(F)C(F)(F)C(F)(F)C(F)(F)C(F)(F)F)sc2c1CCCCC2. The number of alkyl halides is 17. The van der Waals surface area contributed by atoms with Crippen molar-refractivity contribution in [1.82, 2.24) is 0 Å². The molecule has 1 aliphatic rings. The van der Waals surface area contributed by atoms with Gasteiger partial charge in [-0.05, 0) is 38.2 Å². The minimum atomic E-state index is -8.80. The Morgan fingerprint density at radius 2 is 1.12 bits per heavy atom. The normalized spacial score (nSPS) is 16.4. The van der Waals surface area contributed by atoms with Crippen molar-refractivity contribution in [3.05, 3.63) is 16.0 Å². The summed E-state index contributed by atoms with van der Waals surface area (Å²) in [4.78, 5) is 24.6. The van der Waals surface area contributed by atoms with Crippen molar-refractivity contribution in [2.24, 2.45) is 0 Å². The van der Waals surface area contributed by atoms with E-state index in [1.807, 2.05) is 0 Å². The topological polar surface area (TPSA) is 55.4 Å². The second-order valence-corrected chi connectivity index (χ2v) is 10.1. The third-order valence-corrected chi connectivity index (χ3v) is 7.34. The van der Waals surface area contributed by atoms with Gasteiger partial charge in [0.15, 0.2) is 0 Å². The van der Waals surface area contributed by atoms with Crippen LogP contribution in [-0.4, -0.2) is 66.1 Å². The van der Waals surface area contributed by atoms with E-state index in [1.54, 1.807) is 0 Å². The Hall–Kier alpha value is -2.55. The first kappa shape index (κ1) is 36.6. The van der Waals surface area contributed by atoms with Gasteiger partial charge in [0, 0.05) is 4.88 Å². The maximum absolute atomic E-state index is 14.4. The van der Waals surface area contributed by atoms with E-state index in [2.05, 4.69) is 4.74 Å². The number of amides is 1. The fourth-order valence-corrected chi connectivity index (χ4v) is 5.01. The second kappa shape index (κ2) is 11.1. The van der Waals surface area contributed by atoms with Crippen LogP contribution < -0.4 is 5.32 Å². The average molecular weight is 685 g/mol. The molecule has 1 aromatic heterocycles. The monoisotopic (exact) mass is 685 g/mol. The fourth-order valence-electron chi connectivity index (χ4n) is 3.74. The highest BCUT2D eigenvalue weighted by atomic mass is 32.1. The molecule has 0 unspecified atom stereocenters. The Balaban J connectivity index is 2.59. The molecular weight excluding hydrogens is 669 g/mol. The van der Waals surface area contributed by atoms with Crippen LogP contribution >= 0.6 is 11.3 Å². The van der Waals surface area contributed by atoms with Crippen LogP contribution in [-0.2, 0) is 22.4 Å². The Kier molecular flexibility index (Phi) is 9.47. The molecule has 43 heavy (non-hydrogen) atoms. The molecule has 0 aliphatic heterocycles. The summed E-state index contributed by atoms with van der Waals surface area (Å²) in [5, 5.41) is -0.204. The van der Waals surface area contributed by atoms with Crippen molar-refractivity contribution < 1.29 is 89.0 Å². The molecule has 0 spiro atoms. The van der Waals surface area contributed by atoms with Gasteiger partial charge in [0.05, 0.1) is 12.2 Å². The molecular formula is C21H16F17NO3S. The molecule has 0 saturated heterocycles. The number of hydrogen-bond acceptors (Lipinski definition) is 4. The average Bonchev–Trinajstić information content (AvgIpc) is 3.02. The van der Waals surface area contributed by atoms with Crippen molar-refractivity contribution in [3.63, 3.8) is 0 Å². The van der Waals surface area contributed by atoms with Gasteiger partial charge in [0.2, 0.25) is 0 Å². The predicted molar refractivity (Wildman–Crippen MR) is 111 cm³/mol. The van der Waals surface area contributed by atoms with Crippen molar-refractivity contribution in [2.75, 3.05) is 11.9 Å². The summed E-state index contributed by atoms with van der Waals surface area (Å²) in [6.07, 6.45) is -6.43. The van der Waals surface area contributed by atoms with E-state index in [0.29, 0.717) is 19.3 Å². The summed E-state index contributed by atoms with van der Waals surface area (Å²) in [5.74, 6) is -63.7. The Bertz CT molecular complexity index is 1220. The Labute approximate surface area is 232 Å². The number of halogens is 17. The van der Waals surface area contributed by atoms with Crippen LogP contribution in [0.5, 0.6) is 0 Å². The second-order valence-electron chi connectivity index (χ2n) is 8.96. The van der Waals surface area contributed by atoms with Crippen molar-refractivity contribution in [3.8, 4) is 0 Å². The summed E-state index contributed by atoms with van der Waals surface area (Å²) >= 11 is 0.255. The number of carbonyl (C=O) groups is 2. The third kappa shape index (κ3) is 5.38. The summed E-state index contributed by atoms with van der Waals surface area (Å²) < 4.78 is 234. The molecule has 0 saturated carbocycles. The minimum absolute atomic E-state index is 0.0125. The molecule has 0 bridgehead atoms. The zero-order valence-corrected chi connectivity index (χ0v) is 21.6. The van der Waals surface area contributed by atoms with Crippen LogP contribution in [0.25, 0.3) is 0 Å². The summed E-state index contributed by atoms with van der Waals surface area (Å²) in [6, 6.07) is 0. The van der Waals surface area contributed by atoms with Gasteiger partial charge >= 0.3 is 59.5 Å². The van der Waals surface area contributed by atoms with E-state index >= 15 is 0 Å². The van der Waals surface area contributed by atoms with Crippen LogP contribution in [0.15, 0.2) is 0 Å². The molecule has 2 rings (SSSR count). The Morgan fingerprint density at radius 3 is 1.58 bits per heavy atom. The standard InChI is InChI=1S/C21H16F17NO3S/c1-2-42-12(40)10-8-6-4-3-5-7-9(8)43-11(10)39-13(41)14(22,23)15(24,25)16(26,27)17(28,29)18(30,31)19(32,33)20(34,35)21(36,37)38/h2-7H2,1H3,(H,39,41). The van der Waals surface area contributed by atoms with Crippen LogP contribution in [0.3, 0.4) is 0 Å². The number of rotatable bonds is 10. The number of hydrogen-bond donors (Lipinski definition) is 1. The summed E-state index contributed by atoms with van der Waals surface area (Å²) in [7, 11) is 0. The highest BCUT2D eigenvalue weighted by molar-refractivity contribution is 7.17. The smallest absolute Gasteiger partial charge is 0.460 e. The molecule has 248 valence electrons. The minimum Gasteiger partial charge on any atom is -0.462 e. The number of thiophene rings is 1. The lowest BCUT2D eigenvalue weighted by Gasteiger charge is -2.42. The highest BCUT2D eigenvalue weighted by Gasteiger charge is 2.95. The quantitative estimate of drug-likeness (QED) is 0.154. The molecule has 1 amide bonds. The van der Waals surface area contributed by atoms with E-state index in [-0.39, 0.29) is 34.6 Å². The first-order valence-electron chi connectivity index (χ1n) is 11.4. The molecule has 0 aromatic carbocycles. The van der Waals surface area contributed by atoms with E-state index in [4.69, 9.17) is 0 Å². The van der Waals surface area contributed by atoms with E-state index in [1.165, 1.54) is 6.92 Å². The van der Waals surface area contributed by atoms with Crippen molar-refractivity contribution in [1.29, 1.82) is 0 Å². The first-order chi connectivity index (χ1) is 19.1. The number of nitrogens with one attached hydrogen (secondary N) is 1. The maximum atomic E-state index is 14.4. The van der Waals surface area contributed by atoms with Gasteiger partial charge < -0.3 is 10.1 Å². The van der Waals surface area contributed by atoms with Gasteiger partial charge in [-0.3, -0.25) is 4.79 Å².